The molecule has 0 aliphatic heterocycles. The Morgan fingerprint density at radius 3 is 2.07 bits per heavy atom. The van der Waals surface area contributed by atoms with E-state index in [-0.39, 0.29) is 0 Å². The van der Waals surface area contributed by atoms with Crippen molar-refractivity contribution in [2.75, 3.05) is 5.88 Å². The summed E-state index contributed by atoms with van der Waals surface area (Å²) in [5.74, 6) is 0.731. The van der Waals surface area contributed by atoms with Crippen LogP contribution in [0.2, 0.25) is 0 Å². The highest BCUT2D eigenvalue weighted by molar-refractivity contribution is 6.17. The molecule has 0 bridgehead atoms. The SMILES string of the molecule is C=C(CCCl)CCCCCCCCC. The number of alkyl halides is 1. The smallest absolute Gasteiger partial charge is 0.0260 e. The number of allylic oxidation sites excluding steroid dienone is 1. The average Bonchev–Trinajstić information content (AvgIpc) is 2.17. The van der Waals surface area contributed by atoms with E-state index in [1.807, 2.05) is 0 Å². The van der Waals surface area contributed by atoms with E-state index in [0.717, 1.165) is 12.3 Å². The molecule has 0 saturated heterocycles. The molecule has 0 unspecified atom stereocenters. The maximum absolute atomic E-state index is 5.63. The van der Waals surface area contributed by atoms with Crippen LogP contribution in [0.3, 0.4) is 0 Å². The van der Waals surface area contributed by atoms with Gasteiger partial charge in [0.1, 0.15) is 0 Å². The van der Waals surface area contributed by atoms with Crippen LogP contribution in [0, 0.1) is 0 Å². The second-order valence-corrected chi connectivity index (χ2v) is 4.44. The molecule has 0 N–H and O–H groups in total. The fourth-order valence-electron chi connectivity index (χ4n) is 1.59. The van der Waals surface area contributed by atoms with E-state index in [2.05, 4.69) is 13.5 Å². The number of unbranched alkanes of at least 4 members (excludes halogenated alkanes) is 6. The minimum absolute atomic E-state index is 0.731. The van der Waals surface area contributed by atoms with Crippen LogP contribution >= 0.6 is 11.6 Å². The zero-order chi connectivity index (χ0) is 10.6. The highest BCUT2D eigenvalue weighted by atomic mass is 35.5. The first-order valence-corrected chi connectivity index (χ1v) is 6.57. The molecule has 0 aromatic heterocycles. The van der Waals surface area contributed by atoms with Crippen LogP contribution in [0.15, 0.2) is 12.2 Å². The van der Waals surface area contributed by atoms with E-state index in [9.17, 15) is 0 Å². The third kappa shape index (κ3) is 10.1. The Balaban J connectivity index is 3.01. The van der Waals surface area contributed by atoms with Gasteiger partial charge in [0.15, 0.2) is 0 Å². The topological polar surface area (TPSA) is 0 Å². The van der Waals surface area contributed by atoms with Crippen molar-refractivity contribution in [2.24, 2.45) is 0 Å². The van der Waals surface area contributed by atoms with Gasteiger partial charge in [0.2, 0.25) is 0 Å². The summed E-state index contributed by atoms with van der Waals surface area (Å²) in [6.45, 7) is 6.27. The maximum atomic E-state index is 5.63. The summed E-state index contributed by atoms with van der Waals surface area (Å²) in [7, 11) is 0. The summed E-state index contributed by atoms with van der Waals surface area (Å²) in [6.07, 6.45) is 11.8. The van der Waals surface area contributed by atoms with Gasteiger partial charge in [-0.1, -0.05) is 57.6 Å². The lowest BCUT2D eigenvalue weighted by molar-refractivity contribution is 0.587. The van der Waals surface area contributed by atoms with Gasteiger partial charge in [-0.2, -0.15) is 0 Å². The maximum Gasteiger partial charge on any atom is 0.0260 e. The van der Waals surface area contributed by atoms with Crippen LogP contribution < -0.4 is 0 Å². The summed E-state index contributed by atoms with van der Waals surface area (Å²) >= 11 is 5.63. The second kappa shape index (κ2) is 11.1. The molecule has 0 radical (unpaired) electrons. The molecule has 0 atom stereocenters. The molecule has 0 aromatic rings. The fraction of sp³-hybridized carbons (Fsp3) is 0.846. The van der Waals surface area contributed by atoms with Crippen molar-refractivity contribution in [3.63, 3.8) is 0 Å². The van der Waals surface area contributed by atoms with E-state index in [1.54, 1.807) is 0 Å². The Labute approximate surface area is 94.7 Å². The lowest BCUT2D eigenvalue weighted by Gasteiger charge is -2.03. The van der Waals surface area contributed by atoms with E-state index in [0.29, 0.717) is 0 Å². The predicted octanol–water partition coefficient (Wildman–Crippen LogP) is 5.31. The molecule has 0 saturated carbocycles. The predicted molar refractivity (Wildman–Crippen MR) is 67.1 cm³/mol. The zero-order valence-electron chi connectivity index (χ0n) is 9.66. The average molecular weight is 217 g/mol. The number of hydrogen-bond acceptors (Lipinski definition) is 0. The summed E-state index contributed by atoms with van der Waals surface area (Å²) in [5, 5.41) is 0. The van der Waals surface area contributed by atoms with Crippen molar-refractivity contribution >= 4 is 11.6 Å². The Hall–Kier alpha value is 0.0300. The van der Waals surface area contributed by atoms with E-state index in [1.165, 1.54) is 56.9 Å². The summed E-state index contributed by atoms with van der Waals surface area (Å²) in [5.41, 5.74) is 1.33. The van der Waals surface area contributed by atoms with Crippen molar-refractivity contribution < 1.29 is 0 Å². The molecule has 0 spiro atoms. The van der Waals surface area contributed by atoms with E-state index >= 15 is 0 Å². The monoisotopic (exact) mass is 216 g/mol. The first-order chi connectivity index (χ1) is 6.81. The second-order valence-electron chi connectivity index (χ2n) is 4.06. The molecule has 14 heavy (non-hydrogen) atoms. The Morgan fingerprint density at radius 2 is 1.50 bits per heavy atom. The first-order valence-electron chi connectivity index (χ1n) is 6.04. The molecule has 0 rings (SSSR count). The van der Waals surface area contributed by atoms with Crippen LogP contribution in [0.1, 0.15) is 64.7 Å². The standard InChI is InChI=1S/C13H25Cl/c1-3-4-5-6-7-8-9-10-13(2)11-12-14/h2-12H2,1H3. The molecule has 0 heterocycles. The number of hydrogen-bond donors (Lipinski definition) is 0. The molecule has 84 valence electrons. The minimum Gasteiger partial charge on any atom is -0.126 e. The van der Waals surface area contributed by atoms with Gasteiger partial charge in [-0.25, -0.2) is 0 Å². The van der Waals surface area contributed by atoms with E-state index in [4.69, 9.17) is 11.6 Å². The molecule has 0 aromatic carbocycles. The van der Waals surface area contributed by atoms with Gasteiger partial charge < -0.3 is 0 Å². The first kappa shape index (κ1) is 14.0. The fourth-order valence-corrected chi connectivity index (χ4v) is 1.86. The lowest BCUT2D eigenvalue weighted by Crippen LogP contribution is -1.85. The summed E-state index contributed by atoms with van der Waals surface area (Å²) in [6, 6.07) is 0. The van der Waals surface area contributed by atoms with Crippen molar-refractivity contribution in [1.29, 1.82) is 0 Å². The third-order valence-corrected chi connectivity index (χ3v) is 2.77. The molecule has 0 aliphatic rings. The molecule has 1 heteroatoms. The Morgan fingerprint density at radius 1 is 0.929 bits per heavy atom. The Bertz CT molecular complexity index is 129. The number of rotatable bonds is 10. The lowest BCUT2D eigenvalue weighted by atomic mass is 10.0. The zero-order valence-corrected chi connectivity index (χ0v) is 10.4. The van der Waals surface area contributed by atoms with Crippen LogP contribution in [0.5, 0.6) is 0 Å². The van der Waals surface area contributed by atoms with Gasteiger partial charge in [-0.3, -0.25) is 0 Å². The largest absolute Gasteiger partial charge is 0.126 e. The van der Waals surface area contributed by atoms with E-state index < -0.39 is 0 Å². The van der Waals surface area contributed by atoms with Crippen molar-refractivity contribution in [2.45, 2.75) is 64.7 Å². The van der Waals surface area contributed by atoms with Crippen LogP contribution in [-0.2, 0) is 0 Å². The highest BCUT2D eigenvalue weighted by Gasteiger charge is 1.94. The molecule has 0 fully saturated rings. The highest BCUT2D eigenvalue weighted by Crippen LogP contribution is 2.13. The molecule has 0 amide bonds. The van der Waals surface area contributed by atoms with Gasteiger partial charge in [0.05, 0.1) is 0 Å². The van der Waals surface area contributed by atoms with Crippen molar-refractivity contribution in [3.8, 4) is 0 Å². The quantitative estimate of drug-likeness (QED) is 0.264. The van der Waals surface area contributed by atoms with Crippen LogP contribution in [0.4, 0.5) is 0 Å². The van der Waals surface area contributed by atoms with Crippen molar-refractivity contribution in [3.05, 3.63) is 12.2 Å². The normalized spacial score (nSPS) is 10.4. The molecule has 0 aliphatic carbocycles. The van der Waals surface area contributed by atoms with Crippen LogP contribution in [-0.4, -0.2) is 5.88 Å². The summed E-state index contributed by atoms with van der Waals surface area (Å²) in [4.78, 5) is 0. The van der Waals surface area contributed by atoms with Crippen LogP contribution in [0.25, 0.3) is 0 Å². The Kier molecular flexibility index (Phi) is 11.1. The van der Waals surface area contributed by atoms with Crippen molar-refractivity contribution in [1.82, 2.24) is 0 Å². The van der Waals surface area contributed by atoms with Gasteiger partial charge in [0.25, 0.3) is 0 Å². The molecular weight excluding hydrogens is 192 g/mol. The third-order valence-electron chi connectivity index (χ3n) is 2.58. The van der Waals surface area contributed by atoms with Gasteiger partial charge in [-0.15, -0.1) is 11.6 Å². The van der Waals surface area contributed by atoms with Gasteiger partial charge >= 0.3 is 0 Å². The minimum atomic E-state index is 0.731. The molecule has 0 nitrogen and oxygen atoms in total. The molecular formula is C13H25Cl. The number of halogens is 1. The van der Waals surface area contributed by atoms with Gasteiger partial charge in [-0.05, 0) is 19.3 Å². The summed E-state index contributed by atoms with van der Waals surface area (Å²) < 4.78 is 0. The van der Waals surface area contributed by atoms with Gasteiger partial charge in [0, 0.05) is 5.88 Å².